The molecule has 0 atom stereocenters. The van der Waals surface area contributed by atoms with E-state index in [0.29, 0.717) is 5.02 Å². The number of pyridine rings is 1. The summed E-state index contributed by atoms with van der Waals surface area (Å²) < 4.78 is 0. The lowest BCUT2D eigenvalue weighted by molar-refractivity contribution is 0.670. The van der Waals surface area contributed by atoms with Gasteiger partial charge in [0.25, 0.3) is 0 Å². The van der Waals surface area contributed by atoms with Crippen molar-refractivity contribution in [3.63, 3.8) is 0 Å². The summed E-state index contributed by atoms with van der Waals surface area (Å²) in [6.45, 7) is 3.73. The predicted octanol–water partition coefficient (Wildman–Crippen LogP) is 5.72. The molecule has 0 aliphatic rings. The molecule has 0 aliphatic carbocycles. The monoisotopic (exact) mass is 403 g/mol. The molecule has 0 bridgehead atoms. The Balaban J connectivity index is 1.34. The first-order chi connectivity index (χ1) is 13.1. The SMILES string of the molecule is Cc1cc(NCCCCCCNc2ccnc3cc(Cl)ccc23)nc(Cl)n1. The molecule has 0 fully saturated rings. The highest BCUT2D eigenvalue weighted by Crippen LogP contribution is 2.24. The van der Waals surface area contributed by atoms with E-state index in [9.17, 15) is 0 Å². The molecule has 0 radical (unpaired) electrons. The van der Waals surface area contributed by atoms with E-state index >= 15 is 0 Å². The topological polar surface area (TPSA) is 62.7 Å². The van der Waals surface area contributed by atoms with Gasteiger partial charge in [0.15, 0.2) is 0 Å². The first kappa shape index (κ1) is 19.6. The van der Waals surface area contributed by atoms with Crippen molar-refractivity contribution in [2.24, 2.45) is 0 Å². The largest absolute Gasteiger partial charge is 0.384 e. The van der Waals surface area contributed by atoms with E-state index in [4.69, 9.17) is 23.2 Å². The second-order valence-electron chi connectivity index (χ2n) is 6.45. The summed E-state index contributed by atoms with van der Waals surface area (Å²) in [6.07, 6.45) is 6.37. The number of rotatable bonds is 9. The summed E-state index contributed by atoms with van der Waals surface area (Å²) in [5.41, 5.74) is 2.89. The van der Waals surface area contributed by atoms with Crippen molar-refractivity contribution in [3.8, 4) is 0 Å². The minimum atomic E-state index is 0.287. The quantitative estimate of drug-likeness (QED) is 0.353. The minimum absolute atomic E-state index is 0.287. The molecule has 3 rings (SSSR count). The van der Waals surface area contributed by atoms with Crippen LogP contribution in [-0.4, -0.2) is 28.0 Å². The van der Waals surface area contributed by atoms with Crippen molar-refractivity contribution in [3.05, 3.63) is 52.5 Å². The summed E-state index contributed by atoms with van der Waals surface area (Å²) >= 11 is 11.9. The van der Waals surface area contributed by atoms with Gasteiger partial charge in [-0.25, -0.2) is 9.97 Å². The van der Waals surface area contributed by atoms with Crippen LogP contribution < -0.4 is 10.6 Å². The van der Waals surface area contributed by atoms with Crippen LogP contribution in [0.3, 0.4) is 0 Å². The van der Waals surface area contributed by atoms with E-state index in [2.05, 4.69) is 25.6 Å². The maximum absolute atomic E-state index is 6.03. The molecular formula is C20H23Cl2N5. The molecular weight excluding hydrogens is 381 g/mol. The van der Waals surface area contributed by atoms with Gasteiger partial charge >= 0.3 is 0 Å². The zero-order valence-electron chi connectivity index (χ0n) is 15.3. The van der Waals surface area contributed by atoms with E-state index in [1.807, 2.05) is 43.5 Å². The lowest BCUT2D eigenvalue weighted by Crippen LogP contribution is -2.05. The number of nitrogens with one attached hydrogen (secondary N) is 2. The van der Waals surface area contributed by atoms with E-state index in [0.717, 1.165) is 54.0 Å². The van der Waals surface area contributed by atoms with Crippen LogP contribution in [0, 0.1) is 6.92 Å². The summed E-state index contributed by atoms with van der Waals surface area (Å²) in [5, 5.41) is 8.90. The van der Waals surface area contributed by atoms with Gasteiger partial charge in [0.05, 0.1) is 5.52 Å². The maximum Gasteiger partial charge on any atom is 0.224 e. The van der Waals surface area contributed by atoms with E-state index in [1.165, 1.54) is 12.8 Å². The van der Waals surface area contributed by atoms with E-state index < -0.39 is 0 Å². The van der Waals surface area contributed by atoms with Crippen molar-refractivity contribution < 1.29 is 0 Å². The van der Waals surface area contributed by atoms with E-state index in [1.54, 1.807) is 0 Å². The average molecular weight is 404 g/mol. The second kappa shape index (κ2) is 9.72. The molecule has 142 valence electrons. The Kier molecular flexibility index (Phi) is 7.07. The summed E-state index contributed by atoms with van der Waals surface area (Å²) in [4.78, 5) is 12.6. The molecule has 5 nitrogen and oxygen atoms in total. The number of anilines is 2. The second-order valence-corrected chi connectivity index (χ2v) is 7.23. The number of nitrogens with zero attached hydrogens (tertiary/aromatic N) is 3. The zero-order valence-corrected chi connectivity index (χ0v) is 16.8. The smallest absolute Gasteiger partial charge is 0.224 e. The fourth-order valence-electron chi connectivity index (χ4n) is 2.94. The maximum atomic E-state index is 6.03. The lowest BCUT2D eigenvalue weighted by Gasteiger charge is -2.10. The standard InChI is InChI=1S/C20H23Cl2N5/c1-14-12-19(27-20(22)26-14)25-10-5-3-2-4-9-23-17-8-11-24-18-13-15(21)6-7-16(17)18/h6-8,11-13H,2-5,9-10H2,1H3,(H,23,24)(H,25,26,27). The zero-order chi connectivity index (χ0) is 19.1. The molecule has 0 unspecified atom stereocenters. The molecule has 7 heteroatoms. The highest BCUT2D eigenvalue weighted by molar-refractivity contribution is 6.31. The normalized spacial score (nSPS) is 10.9. The number of aromatic nitrogens is 3. The Morgan fingerprint density at radius 1 is 0.889 bits per heavy atom. The van der Waals surface area contributed by atoms with Crippen LogP contribution in [0.2, 0.25) is 10.3 Å². The Bertz CT molecular complexity index is 880. The van der Waals surface area contributed by atoms with Gasteiger partial charge in [-0.3, -0.25) is 4.98 Å². The fourth-order valence-corrected chi connectivity index (χ4v) is 3.33. The molecule has 3 aromatic rings. The minimum Gasteiger partial charge on any atom is -0.384 e. The van der Waals surface area contributed by atoms with E-state index in [-0.39, 0.29) is 5.28 Å². The predicted molar refractivity (Wildman–Crippen MR) is 114 cm³/mol. The van der Waals surface area contributed by atoms with Crippen molar-refractivity contribution in [1.82, 2.24) is 15.0 Å². The molecule has 2 N–H and O–H groups in total. The third kappa shape index (κ3) is 5.94. The van der Waals surface area contributed by atoms with Gasteiger partial charge in [0.2, 0.25) is 5.28 Å². The fraction of sp³-hybridized carbons (Fsp3) is 0.350. The van der Waals surface area contributed by atoms with Crippen LogP contribution in [0.5, 0.6) is 0 Å². The average Bonchev–Trinajstić information content (AvgIpc) is 2.63. The third-order valence-corrected chi connectivity index (χ3v) is 4.66. The molecule has 0 saturated carbocycles. The van der Waals surface area contributed by atoms with Crippen LogP contribution in [-0.2, 0) is 0 Å². The third-order valence-electron chi connectivity index (χ3n) is 4.26. The molecule has 1 aromatic carbocycles. The number of hydrogen-bond acceptors (Lipinski definition) is 5. The Hall–Kier alpha value is -2.11. The van der Waals surface area contributed by atoms with Crippen molar-refractivity contribution >= 4 is 45.6 Å². The highest BCUT2D eigenvalue weighted by Gasteiger charge is 2.02. The number of benzene rings is 1. The van der Waals surface area contributed by atoms with Crippen molar-refractivity contribution in [2.45, 2.75) is 32.6 Å². The van der Waals surface area contributed by atoms with Gasteiger partial charge in [-0.15, -0.1) is 0 Å². The van der Waals surface area contributed by atoms with Gasteiger partial charge in [-0.05, 0) is 55.6 Å². The van der Waals surface area contributed by atoms with Crippen LogP contribution >= 0.6 is 23.2 Å². The van der Waals surface area contributed by atoms with Gasteiger partial charge in [0, 0.05) is 47.1 Å². The molecule has 2 heterocycles. The molecule has 0 spiro atoms. The van der Waals surface area contributed by atoms with Crippen LogP contribution in [0.25, 0.3) is 10.9 Å². The van der Waals surface area contributed by atoms with Crippen LogP contribution in [0.1, 0.15) is 31.4 Å². The molecule has 0 amide bonds. The number of halogens is 2. The molecule has 0 aliphatic heterocycles. The highest BCUT2D eigenvalue weighted by atomic mass is 35.5. The Labute approximate surface area is 169 Å². The van der Waals surface area contributed by atoms with Crippen LogP contribution in [0.4, 0.5) is 11.5 Å². The Morgan fingerprint density at radius 2 is 1.67 bits per heavy atom. The number of fused-ring (bicyclic) bond motifs is 1. The van der Waals surface area contributed by atoms with Crippen molar-refractivity contribution in [2.75, 3.05) is 23.7 Å². The molecule has 27 heavy (non-hydrogen) atoms. The number of aryl methyl sites for hydroxylation is 1. The summed E-state index contributed by atoms with van der Waals surface area (Å²) in [7, 11) is 0. The van der Waals surface area contributed by atoms with Crippen molar-refractivity contribution in [1.29, 1.82) is 0 Å². The van der Waals surface area contributed by atoms with Gasteiger partial charge in [-0.2, -0.15) is 0 Å². The first-order valence-electron chi connectivity index (χ1n) is 9.15. The van der Waals surface area contributed by atoms with Gasteiger partial charge in [0.1, 0.15) is 5.82 Å². The summed E-state index contributed by atoms with van der Waals surface area (Å²) in [6, 6.07) is 9.72. The number of hydrogen-bond donors (Lipinski definition) is 2. The Morgan fingerprint density at radius 3 is 2.44 bits per heavy atom. The first-order valence-corrected chi connectivity index (χ1v) is 9.90. The molecule has 2 aromatic heterocycles. The lowest BCUT2D eigenvalue weighted by atomic mass is 10.1. The van der Waals surface area contributed by atoms with Gasteiger partial charge in [-0.1, -0.05) is 24.4 Å². The van der Waals surface area contributed by atoms with Crippen LogP contribution in [0.15, 0.2) is 36.5 Å². The van der Waals surface area contributed by atoms with Gasteiger partial charge < -0.3 is 10.6 Å². The number of unbranched alkanes of at least 4 members (excludes halogenated alkanes) is 3. The molecule has 0 saturated heterocycles. The summed E-state index contributed by atoms with van der Waals surface area (Å²) in [5.74, 6) is 0.791.